The van der Waals surface area contributed by atoms with Crippen LogP contribution in [0, 0.1) is 0 Å². The fourth-order valence-corrected chi connectivity index (χ4v) is 2.45. The van der Waals surface area contributed by atoms with Gasteiger partial charge in [0.2, 0.25) is 5.60 Å². The van der Waals surface area contributed by atoms with Gasteiger partial charge < -0.3 is 18.9 Å². The first-order valence-corrected chi connectivity index (χ1v) is 11.0. The van der Waals surface area contributed by atoms with E-state index in [9.17, 15) is 19.2 Å². The molecule has 0 amide bonds. The Bertz CT molecular complexity index is 460. The van der Waals surface area contributed by atoms with Crippen LogP contribution in [0.2, 0.25) is 0 Å². The van der Waals surface area contributed by atoms with E-state index in [1.165, 1.54) is 0 Å². The third kappa shape index (κ3) is 12.7. The molecule has 28 heavy (non-hydrogen) atoms. The lowest BCUT2D eigenvalue weighted by Crippen LogP contribution is -2.50. The molecule has 0 fully saturated rings. The van der Waals surface area contributed by atoms with Crippen molar-refractivity contribution < 1.29 is 38.1 Å². The van der Waals surface area contributed by atoms with Crippen LogP contribution in [-0.4, -0.2) is 72.3 Å². The molecule has 0 aliphatic rings. The smallest absolute Gasteiger partial charge is 0.307 e. The molecule has 0 aliphatic carbocycles. The van der Waals surface area contributed by atoms with E-state index in [1.807, 2.05) is 0 Å². The van der Waals surface area contributed by atoms with Crippen molar-refractivity contribution in [2.24, 2.45) is 0 Å². The van der Waals surface area contributed by atoms with Crippen molar-refractivity contribution in [1.82, 2.24) is 0 Å². The number of hydrogen-bond donors (Lipinski definition) is 4. The summed E-state index contributed by atoms with van der Waals surface area (Å²) in [6.07, 6.45) is 0.0542. The molecule has 162 valence electrons. The average Bonchev–Trinajstić information content (AvgIpc) is 2.64. The van der Waals surface area contributed by atoms with E-state index >= 15 is 0 Å². The lowest BCUT2D eigenvalue weighted by molar-refractivity contribution is -0.195. The minimum atomic E-state index is -1.68. The number of hydrogen-bond acceptors (Lipinski definition) is 12. The Morgan fingerprint density at radius 1 is 0.536 bits per heavy atom. The highest BCUT2D eigenvalue weighted by Gasteiger charge is 2.40. The maximum atomic E-state index is 12.0. The van der Waals surface area contributed by atoms with Gasteiger partial charge in [-0.3, -0.25) is 19.2 Å². The second-order valence-corrected chi connectivity index (χ2v) is 7.32. The van der Waals surface area contributed by atoms with Crippen LogP contribution in [0.25, 0.3) is 0 Å². The van der Waals surface area contributed by atoms with Gasteiger partial charge in [-0.15, -0.1) is 0 Å². The molecule has 0 N–H and O–H groups in total. The van der Waals surface area contributed by atoms with Crippen molar-refractivity contribution in [2.45, 2.75) is 31.3 Å². The lowest BCUT2D eigenvalue weighted by Gasteiger charge is -2.32. The van der Waals surface area contributed by atoms with Gasteiger partial charge in [-0.2, -0.15) is 50.5 Å². The van der Waals surface area contributed by atoms with Gasteiger partial charge in [-0.1, -0.05) is 0 Å². The number of esters is 4. The Labute approximate surface area is 186 Å². The normalized spacial score (nSPS) is 10.9. The molecule has 0 aromatic heterocycles. The summed E-state index contributed by atoms with van der Waals surface area (Å²) in [6, 6.07) is 0. The van der Waals surface area contributed by atoms with Gasteiger partial charge in [0, 0.05) is 23.0 Å². The van der Waals surface area contributed by atoms with Crippen molar-refractivity contribution in [3.8, 4) is 0 Å². The highest BCUT2D eigenvalue weighted by molar-refractivity contribution is 7.80. The van der Waals surface area contributed by atoms with Crippen molar-refractivity contribution in [3.05, 3.63) is 0 Å². The van der Waals surface area contributed by atoms with Crippen LogP contribution >= 0.6 is 50.5 Å². The van der Waals surface area contributed by atoms with Crippen molar-refractivity contribution in [2.75, 3.05) is 42.8 Å². The zero-order valence-corrected chi connectivity index (χ0v) is 18.9. The van der Waals surface area contributed by atoms with Gasteiger partial charge in [0.05, 0.1) is 25.7 Å². The maximum Gasteiger partial charge on any atom is 0.307 e. The van der Waals surface area contributed by atoms with Gasteiger partial charge >= 0.3 is 23.9 Å². The molecule has 0 saturated heterocycles. The fraction of sp³-hybridized carbons (Fsp3) is 0.750. The molecule has 0 aromatic rings. The van der Waals surface area contributed by atoms with E-state index in [0.29, 0.717) is 0 Å². The molecule has 0 heterocycles. The van der Waals surface area contributed by atoms with Crippen LogP contribution in [0.3, 0.4) is 0 Å². The van der Waals surface area contributed by atoms with E-state index in [-0.39, 0.29) is 48.7 Å². The molecule has 0 saturated carbocycles. The number of carbonyl (C=O) groups is 4. The first-order valence-electron chi connectivity index (χ1n) is 8.44. The van der Waals surface area contributed by atoms with Gasteiger partial charge in [-0.25, -0.2) is 0 Å². The summed E-state index contributed by atoms with van der Waals surface area (Å²) in [7, 11) is 0. The minimum Gasteiger partial charge on any atom is -0.461 e. The topological polar surface area (TPSA) is 105 Å². The molecule has 0 bridgehead atoms. The molecule has 12 heteroatoms. The van der Waals surface area contributed by atoms with Crippen LogP contribution in [0.5, 0.6) is 0 Å². The summed E-state index contributed by atoms with van der Waals surface area (Å²) < 4.78 is 20.7. The van der Waals surface area contributed by atoms with Crippen LogP contribution in [0.4, 0.5) is 0 Å². The Kier molecular flexibility index (Phi) is 15.7. The van der Waals surface area contributed by atoms with Crippen LogP contribution < -0.4 is 0 Å². The number of ether oxygens (including phenoxy) is 4. The van der Waals surface area contributed by atoms with E-state index in [1.54, 1.807) is 0 Å². The summed E-state index contributed by atoms with van der Waals surface area (Å²) in [5.74, 6) is -1.44. The van der Waals surface area contributed by atoms with Crippen LogP contribution in [-0.2, 0) is 38.1 Å². The molecule has 0 unspecified atom stereocenters. The average molecular weight is 475 g/mol. The molecule has 0 spiro atoms. The summed E-state index contributed by atoms with van der Waals surface area (Å²) in [5.41, 5.74) is -1.68. The van der Waals surface area contributed by atoms with Gasteiger partial charge in [0.1, 0.15) is 19.8 Å². The van der Waals surface area contributed by atoms with Crippen molar-refractivity contribution in [1.29, 1.82) is 0 Å². The Morgan fingerprint density at radius 3 is 1.11 bits per heavy atom. The number of thiol groups is 4. The number of carbonyl (C=O) groups excluding carboxylic acids is 4. The highest BCUT2D eigenvalue weighted by Crippen LogP contribution is 2.18. The Hall–Kier alpha value is -0.720. The summed E-state index contributed by atoms with van der Waals surface area (Å²) >= 11 is 15.8. The van der Waals surface area contributed by atoms with Crippen LogP contribution in [0.15, 0.2) is 0 Å². The van der Waals surface area contributed by atoms with Crippen molar-refractivity contribution in [3.63, 3.8) is 0 Å². The molecular weight excluding hydrogens is 448 g/mol. The van der Waals surface area contributed by atoms with E-state index in [0.717, 1.165) is 0 Å². The summed E-state index contributed by atoms with van der Waals surface area (Å²) in [4.78, 5) is 47.2. The third-order valence-corrected chi connectivity index (χ3v) is 3.98. The van der Waals surface area contributed by atoms with E-state index in [4.69, 9.17) is 18.9 Å². The molecule has 0 radical (unpaired) electrons. The molecule has 0 aliphatic heterocycles. The lowest BCUT2D eigenvalue weighted by atomic mass is 10.1. The molecule has 0 atom stereocenters. The first-order chi connectivity index (χ1) is 13.3. The first kappa shape index (κ1) is 27.3. The third-order valence-electron chi connectivity index (χ3n) is 3.08. The number of rotatable bonds is 15. The summed E-state index contributed by atoms with van der Waals surface area (Å²) in [6.45, 7) is -1.37. The second kappa shape index (κ2) is 16.1. The highest BCUT2D eigenvalue weighted by atomic mass is 32.1. The van der Waals surface area contributed by atoms with Gasteiger partial charge in [0.15, 0.2) is 0 Å². The quantitative estimate of drug-likeness (QED) is 0.159. The minimum absolute atomic E-state index is 0.0304. The summed E-state index contributed by atoms with van der Waals surface area (Å²) in [5, 5.41) is 0. The Morgan fingerprint density at radius 2 is 0.821 bits per heavy atom. The molecule has 8 nitrogen and oxygen atoms in total. The zero-order chi connectivity index (χ0) is 21.4. The monoisotopic (exact) mass is 474 g/mol. The molecule has 0 rings (SSSR count). The SMILES string of the molecule is O=C(CCS)OCC(COC(=O)CCS)(COC(=O)CCS)OC(=O)CCS. The fourth-order valence-electron chi connectivity index (χ4n) is 1.72. The maximum absolute atomic E-state index is 12.0. The van der Waals surface area contributed by atoms with E-state index < -0.39 is 49.3 Å². The van der Waals surface area contributed by atoms with Crippen LogP contribution in [0.1, 0.15) is 25.7 Å². The van der Waals surface area contributed by atoms with Gasteiger partial charge in [-0.05, 0) is 0 Å². The zero-order valence-electron chi connectivity index (χ0n) is 15.3. The predicted octanol–water partition coefficient (Wildman–Crippen LogP) is 1.18. The Balaban J connectivity index is 5.38. The van der Waals surface area contributed by atoms with Crippen molar-refractivity contribution >= 4 is 74.4 Å². The molecule has 0 aromatic carbocycles. The molecular formula is C16H26O8S4. The van der Waals surface area contributed by atoms with E-state index in [2.05, 4.69) is 50.5 Å². The standard InChI is InChI=1S/C16H26O8S4/c17-12(1-5-25)21-9-16(24-15(20)4-8-28,10-22-13(18)2-6-26)11-23-14(19)3-7-27/h25-28H,1-11H2. The predicted molar refractivity (Wildman–Crippen MR) is 116 cm³/mol. The van der Waals surface area contributed by atoms with Gasteiger partial charge in [0.25, 0.3) is 0 Å². The largest absolute Gasteiger partial charge is 0.461 e. The second-order valence-electron chi connectivity index (χ2n) is 5.53.